The van der Waals surface area contributed by atoms with E-state index in [2.05, 4.69) is 24.3 Å². The molecule has 0 spiro atoms. The molecule has 2 nitrogen and oxygen atoms in total. The number of fused-ring (bicyclic) bond motifs is 3. The van der Waals surface area contributed by atoms with Crippen LogP contribution < -0.4 is 5.73 Å². The summed E-state index contributed by atoms with van der Waals surface area (Å²) in [7, 11) is 0. The molecule has 0 aliphatic carbocycles. The van der Waals surface area contributed by atoms with Crippen molar-refractivity contribution in [2.24, 2.45) is 5.73 Å². The van der Waals surface area contributed by atoms with E-state index in [1.54, 1.807) is 0 Å². The molecule has 3 aromatic rings. The van der Waals surface area contributed by atoms with Crippen LogP contribution in [0.25, 0.3) is 21.7 Å². The number of furan rings is 1. The van der Waals surface area contributed by atoms with Crippen molar-refractivity contribution in [1.82, 2.24) is 0 Å². The highest BCUT2D eigenvalue weighted by atomic mass is 16.3. The number of hydrogen-bond acceptors (Lipinski definition) is 2. The molecule has 0 saturated heterocycles. The zero-order valence-corrected chi connectivity index (χ0v) is 8.94. The van der Waals surface area contributed by atoms with Crippen molar-refractivity contribution in [1.29, 1.82) is 0 Å². The molecule has 2 N–H and O–H groups in total. The smallest absolute Gasteiger partial charge is 0.141 e. The molecule has 0 unspecified atom stereocenters. The van der Waals surface area contributed by atoms with Crippen LogP contribution in [0, 0.1) is 0 Å². The molecule has 0 aliphatic heterocycles. The van der Waals surface area contributed by atoms with E-state index in [4.69, 9.17) is 10.2 Å². The fraction of sp³-hybridized carbons (Fsp3) is 0.143. The largest absolute Gasteiger partial charge is 0.463 e. The first-order chi connectivity index (χ1) is 7.90. The van der Waals surface area contributed by atoms with Crippen LogP contribution in [0.1, 0.15) is 5.56 Å². The van der Waals surface area contributed by atoms with E-state index in [1.807, 2.05) is 18.4 Å². The van der Waals surface area contributed by atoms with E-state index >= 15 is 0 Å². The van der Waals surface area contributed by atoms with Crippen LogP contribution in [-0.2, 0) is 6.42 Å². The van der Waals surface area contributed by atoms with Gasteiger partial charge in [-0.15, -0.1) is 0 Å². The van der Waals surface area contributed by atoms with Gasteiger partial charge in [0.05, 0.1) is 6.26 Å². The van der Waals surface area contributed by atoms with E-state index in [0.717, 1.165) is 12.0 Å². The average molecular weight is 211 g/mol. The molecule has 0 bridgehead atoms. The van der Waals surface area contributed by atoms with Crippen LogP contribution in [-0.4, -0.2) is 6.54 Å². The van der Waals surface area contributed by atoms with Crippen LogP contribution in [0.2, 0.25) is 0 Å². The van der Waals surface area contributed by atoms with Crippen LogP contribution >= 0.6 is 0 Å². The molecule has 1 aromatic heterocycles. The lowest BCUT2D eigenvalue weighted by atomic mass is 10.0. The normalized spacial score (nSPS) is 11.3. The zero-order valence-electron chi connectivity index (χ0n) is 8.94. The topological polar surface area (TPSA) is 39.2 Å². The first kappa shape index (κ1) is 9.43. The number of hydrogen-bond donors (Lipinski definition) is 1. The monoisotopic (exact) mass is 211 g/mol. The Bertz CT molecular complexity index is 639. The summed E-state index contributed by atoms with van der Waals surface area (Å²) in [4.78, 5) is 0. The Hall–Kier alpha value is -1.80. The Kier molecular flexibility index (Phi) is 2.15. The first-order valence-corrected chi connectivity index (χ1v) is 5.48. The van der Waals surface area contributed by atoms with Crippen molar-refractivity contribution >= 4 is 21.7 Å². The minimum Gasteiger partial charge on any atom is -0.463 e. The maximum atomic E-state index is 5.66. The third kappa shape index (κ3) is 1.31. The second-order valence-electron chi connectivity index (χ2n) is 3.96. The summed E-state index contributed by atoms with van der Waals surface area (Å²) in [6.07, 6.45) is 2.69. The summed E-state index contributed by atoms with van der Waals surface area (Å²) >= 11 is 0. The van der Waals surface area contributed by atoms with Crippen molar-refractivity contribution < 1.29 is 4.42 Å². The van der Waals surface area contributed by atoms with Gasteiger partial charge in [0.25, 0.3) is 0 Å². The minimum absolute atomic E-state index is 0.654. The highest BCUT2D eigenvalue weighted by Gasteiger charge is 2.07. The predicted octanol–water partition coefficient (Wildman–Crippen LogP) is 3.09. The summed E-state index contributed by atoms with van der Waals surface area (Å²) < 4.78 is 5.66. The number of nitrogens with two attached hydrogens (primary N) is 1. The summed E-state index contributed by atoms with van der Waals surface area (Å²) in [6.45, 7) is 0.654. The van der Waals surface area contributed by atoms with E-state index in [0.29, 0.717) is 6.54 Å². The van der Waals surface area contributed by atoms with Crippen molar-refractivity contribution in [3.05, 3.63) is 48.2 Å². The molecule has 0 atom stereocenters. The zero-order chi connectivity index (χ0) is 11.0. The molecule has 2 aromatic carbocycles. The molecule has 0 saturated carbocycles. The standard InChI is InChI=1S/C14H13NO/c15-8-7-11-9-16-14-12-4-2-1-3-10(12)5-6-13(11)14/h1-6,9H,7-8,15H2. The second-order valence-corrected chi connectivity index (χ2v) is 3.96. The minimum atomic E-state index is 0.654. The van der Waals surface area contributed by atoms with Gasteiger partial charge in [-0.05, 0) is 23.9 Å². The quantitative estimate of drug-likeness (QED) is 0.707. The molecule has 0 aliphatic rings. The second kappa shape index (κ2) is 3.65. The Balaban J connectivity index is 2.36. The number of rotatable bonds is 2. The van der Waals surface area contributed by atoms with Gasteiger partial charge in [-0.3, -0.25) is 0 Å². The molecule has 3 rings (SSSR count). The lowest BCUT2D eigenvalue weighted by Gasteiger charge is -1.98. The average Bonchev–Trinajstić information content (AvgIpc) is 2.73. The molecular formula is C14H13NO. The third-order valence-corrected chi connectivity index (χ3v) is 2.96. The Labute approximate surface area is 93.7 Å². The maximum Gasteiger partial charge on any atom is 0.141 e. The van der Waals surface area contributed by atoms with Gasteiger partial charge in [-0.1, -0.05) is 36.4 Å². The Morgan fingerprint density at radius 1 is 1.00 bits per heavy atom. The summed E-state index contributed by atoms with van der Waals surface area (Å²) in [5, 5.41) is 3.57. The van der Waals surface area contributed by atoms with Crippen LogP contribution in [0.4, 0.5) is 0 Å². The van der Waals surface area contributed by atoms with Crippen LogP contribution in [0.3, 0.4) is 0 Å². The van der Waals surface area contributed by atoms with Crippen LogP contribution in [0.15, 0.2) is 47.1 Å². The van der Waals surface area contributed by atoms with Crippen molar-refractivity contribution in [2.75, 3.05) is 6.54 Å². The Morgan fingerprint density at radius 3 is 2.75 bits per heavy atom. The van der Waals surface area contributed by atoms with Crippen molar-refractivity contribution in [3.8, 4) is 0 Å². The van der Waals surface area contributed by atoms with Crippen molar-refractivity contribution in [2.45, 2.75) is 6.42 Å². The van der Waals surface area contributed by atoms with Gasteiger partial charge in [-0.2, -0.15) is 0 Å². The molecule has 0 amide bonds. The van der Waals surface area contributed by atoms with Gasteiger partial charge >= 0.3 is 0 Å². The molecule has 0 fully saturated rings. The lowest BCUT2D eigenvalue weighted by Crippen LogP contribution is -2.01. The van der Waals surface area contributed by atoms with E-state index in [1.165, 1.54) is 21.7 Å². The molecular weight excluding hydrogens is 198 g/mol. The van der Waals surface area contributed by atoms with Crippen LogP contribution in [0.5, 0.6) is 0 Å². The highest BCUT2D eigenvalue weighted by molar-refractivity contribution is 6.05. The summed E-state index contributed by atoms with van der Waals surface area (Å²) in [6, 6.07) is 12.5. The van der Waals surface area contributed by atoms with E-state index < -0.39 is 0 Å². The molecule has 1 heterocycles. The van der Waals surface area contributed by atoms with Gasteiger partial charge in [0.15, 0.2) is 0 Å². The van der Waals surface area contributed by atoms with Crippen molar-refractivity contribution in [3.63, 3.8) is 0 Å². The SMILES string of the molecule is NCCc1coc2c1ccc1ccccc12. The summed E-state index contributed by atoms with van der Waals surface area (Å²) in [5.74, 6) is 0. The fourth-order valence-electron chi connectivity index (χ4n) is 2.17. The maximum absolute atomic E-state index is 5.66. The van der Waals surface area contributed by atoms with Gasteiger partial charge < -0.3 is 10.2 Å². The van der Waals surface area contributed by atoms with Gasteiger partial charge in [0.2, 0.25) is 0 Å². The van der Waals surface area contributed by atoms with E-state index in [-0.39, 0.29) is 0 Å². The molecule has 2 heteroatoms. The molecule has 80 valence electrons. The fourth-order valence-corrected chi connectivity index (χ4v) is 2.17. The summed E-state index contributed by atoms with van der Waals surface area (Å²) in [5.41, 5.74) is 7.75. The number of benzene rings is 2. The van der Waals surface area contributed by atoms with Gasteiger partial charge in [0, 0.05) is 10.8 Å². The molecule has 0 radical (unpaired) electrons. The lowest BCUT2D eigenvalue weighted by molar-refractivity contribution is 0.613. The predicted molar refractivity (Wildman–Crippen MR) is 66.5 cm³/mol. The van der Waals surface area contributed by atoms with Gasteiger partial charge in [-0.25, -0.2) is 0 Å². The first-order valence-electron chi connectivity index (χ1n) is 5.48. The third-order valence-electron chi connectivity index (χ3n) is 2.96. The van der Waals surface area contributed by atoms with E-state index in [9.17, 15) is 0 Å². The Morgan fingerprint density at radius 2 is 1.88 bits per heavy atom. The van der Waals surface area contributed by atoms with Gasteiger partial charge in [0.1, 0.15) is 5.58 Å². The molecule has 16 heavy (non-hydrogen) atoms. The highest BCUT2D eigenvalue weighted by Crippen LogP contribution is 2.29.